The van der Waals surface area contributed by atoms with Crippen molar-refractivity contribution in [2.75, 3.05) is 6.54 Å². The van der Waals surface area contributed by atoms with Crippen LogP contribution in [0.2, 0.25) is 0 Å². The molecule has 0 aromatic carbocycles. The van der Waals surface area contributed by atoms with Crippen molar-refractivity contribution in [3.05, 3.63) is 0 Å². The lowest BCUT2D eigenvalue weighted by Crippen LogP contribution is -2.36. The van der Waals surface area contributed by atoms with E-state index in [9.17, 15) is 4.79 Å². The average Bonchev–Trinajstić information content (AvgIpc) is 2.50. The number of carbonyl (C=O) groups is 1. The molecule has 112 valence electrons. The number of carbonyl (C=O) groups excluding carboxylic acids is 1. The van der Waals surface area contributed by atoms with Gasteiger partial charge in [0.05, 0.1) is 0 Å². The van der Waals surface area contributed by atoms with E-state index in [0.717, 1.165) is 13.0 Å². The molecular formula is C16H32N2O. The summed E-state index contributed by atoms with van der Waals surface area (Å²) in [7, 11) is 0. The lowest BCUT2D eigenvalue weighted by Gasteiger charge is -2.22. The standard InChI is InChI=1S/C16H32N2O/c1-5-13(2)18-15(19)9-12-17-14-7-6-10-16(3,4)11-8-14/h13-14,17H,5-12H2,1-4H3,(H,18,19). The van der Waals surface area contributed by atoms with Gasteiger partial charge in [0.15, 0.2) is 0 Å². The molecule has 0 aliphatic heterocycles. The summed E-state index contributed by atoms with van der Waals surface area (Å²) < 4.78 is 0. The molecule has 1 aliphatic carbocycles. The van der Waals surface area contributed by atoms with Crippen molar-refractivity contribution in [1.29, 1.82) is 0 Å². The summed E-state index contributed by atoms with van der Waals surface area (Å²) in [5.41, 5.74) is 0.504. The molecule has 1 fully saturated rings. The second-order valence-electron chi connectivity index (χ2n) is 6.87. The minimum Gasteiger partial charge on any atom is -0.354 e. The van der Waals surface area contributed by atoms with E-state index in [1.165, 1.54) is 32.1 Å². The van der Waals surface area contributed by atoms with E-state index in [4.69, 9.17) is 0 Å². The monoisotopic (exact) mass is 268 g/mol. The Morgan fingerprint density at radius 3 is 2.74 bits per heavy atom. The number of nitrogens with one attached hydrogen (secondary N) is 2. The molecule has 3 heteroatoms. The van der Waals surface area contributed by atoms with Crippen LogP contribution in [0.25, 0.3) is 0 Å². The van der Waals surface area contributed by atoms with Gasteiger partial charge in [0.1, 0.15) is 0 Å². The first kappa shape index (κ1) is 16.5. The van der Waals surface area contributed by atoms with Crippen LogP contribution in [0, 0.1) is 5.41 Å². The summed E-state index contributed by atoms with van der Waals surface area (Å²) in [4.78, 5) is 11.7. The predicted octanol–water partition coefficient (Wildman–Crippen LogP) is 3.24. The van der Waals surface area contributed by atoms with E-state index in [1.54, 1.807) is 0 Å². The first-order valence-corrected chi connectivity index (χ1v) is 7.95. The Morgan fingerprint density at radius 2 is 2.05 bits per heavy atom. The zero-order valence-corrected chi connectivity index (χ0v) is 13.2. The number of rotatable bonds is 6. The van der Waals surface area contributed by atoms with Gasteiger partial charge in [-0.15, -0.1) is 0 Å². The molecule has 3 nitrogen and oxygen atoms in total. The third-order valence-corrected chi connectivity index (χ3v) is 4.38. The van der Waals surface area contributed by atoms with E-state index in [2.05, 4.69) is 38.3 Å². The van der Waals surface area contributed by atoms with Crippen molar-refractivity contribution in [3.63, 3.8) is 0 Å². The maximum atomic E-state index is 11.7. The average molecular weight is 268 g/mol. The normalized spacial score (nSPS) is 24.5. The highest BCUT2D eigenvalue weighted by molar-refractivity contribution is 5.76. The molecular weight excluding hydrogens is 236 g/mol. The van der Waals surface area contributed by atoms with Crippen LogP contribution in [-0.4, -0.2) is 24.5 Å². The third kappa shape index (κ3) is 6.95. The molecule has 1 amide bonds. The summed E-state index contributed by atoms with van der Waals surface area (Å²) in [6.45, 7) is 9.70. The van der Waals surface area contributed by atoms with Gasteiger partial charge in [-0.05, 0) is 44.4 Å². The zero-order valence-electron chi connectivity index (χ0n) is 13.2. The Morgan fingerprint density at radius 1 is 1.32 bits per heavy atom. The van der Waals surface area contributed by atoms with Gasteiger partial charge in [-0.3, -0.25) is 4.79 Å². The van der Waals surface area contributed by atoms with Gasteiger partial charge in [-0.25, -0.2) is 0 Å². The molecule has 1 saturated carbocycles. The molecule has 1 aliphatic rings. The highest BCUT2D eigenvalue weighted by atomic mass is 16.1. The van der Waals surface area contributed by atoms with E-state index in [1.807, 2.05) is 0 Å². The first-order chi connectivity index (χ1) is 8.93. The Balaban J connectivity index is 2.17. The summed E-state index contributed by atoms with van der Waals surface area (Å²) in [6, 6.07) is 0.907. The molecule has 0 saturated heterocycles. The van der Waals surface area contributed by atoms with Gasteiger partial charge >= 0.3 is 0 Å². The van der Waals surface area contributed by atoms with Gasteiger partial charge < -0.3 is 10.6 Å². The molecule has 0 aromatic heterocycles. The summed E-state index contributed by atoms with van der Waals surface area (Å²) in [5, 5.41) is 6.57. The van der Waals surface area contributed by atoms with Crippen LogP contribution in [0.5, 0.6) is 0 Å². The number of amides is 1. The second-order valence-corrected chi connectivity index (χ2v) is 6.87. The fourth-order valence-electron chi connectivity index (χ4n) is 2.70. The largest absolute Gasteiger partial charge is 0.354 e. The predicted molar refractivity (Wildman–Crippen MR) is 81.2 cm³/mol. The van der Waals surface area contributed by atoms with Crippen LogP contribution < -0.4 is 10.6 Å². The Kier molecular flexibility index (Phi) is 6.84. The highest BCUT2D eigenvalue weighted by Gasteiger charge is 2.23. The third-order valence-electron chi connectivity index (χ3n) is 4.38. The molecule has 1 rings (SSSR count). The van der Waals surface area contributed by atoms with Crippen molar-refractivity contribution < 1.29 is 4.79 Å². The van der Waals surface area contributed by atoms with Crippen molar-refractivity contribution in [1.82, 2.24) is 10.6 Å². The van der Waals surface area contributed by atoms with Gasteiger partial charge in [0.25, 0.3) is 0 Å². The molecule has 2 unspecified atom stereocenters. The van der Waals surface area contributed by atoms with Gasteiger partial charge in [-0.2, -0.15) is 0 Å². The number of hydrogen-bond acceptors (Lipinski definition) is 2. The SMILES string of the molecule is CCC(C)NC(=O)CCNC1CCCC(C)(C)CC1. The van der Waals surface area contributed by atoms with Crippen molar-refractivity contribution in [3.8, 4) is 0 Å². The molecule has 0 radical (unpaired) electrons. The highest BCUT2D eigenvalue weighted by Crippen LogP contribution is 2.33. The van der Waals surface area contributed by atoms with Crippen molar-refractivity contribution in [2.24, 2.45) is 5.41 Å². The molecule has 0 bridgehead atoms. The van der Waals surface area contributed by atoms with E-state index in [-0.39, 0.29) is 5.91 Å². The van der Waals surface area contributed by atoms with Gasteiger partial charge in [0, 0.05) is 25.0 Å². The van der Waals surface area contributed by atoms with Crippen molar-refractivity contribution in [2.45, 2.75) is 84.7 Å². The molecule has 0 aromatic rings. The van der Waals surface area contributed by atoms with E-state index in [0.29, 0.717) is 23.9 Å². The van der Waals surface area contributed by atoms with E-state index >= 15 is 0 Å². The number of hydrogen-bond donors (Lipinski definition) is 2. The Labute approximate surface area is 118 Å². The quantitative estimate of drug-likeness (QED) is 0.726. The van der Waals surface area contributed by atoms with Crippen LogP contribution in [0.3, 0.4) is 0 Å². The lowest BCUT2D eigenvalue weighted by molar-refractivity contribution is -0.121. The summed E-state index contributed by atoms with van der Waals surface area (Å²) >= 11 is 0. The van der Waals surface area contributed by atoms with Gasteiger partial charge in [0.2, 0.25) is 5.91 Å². The Hall–Kier alpha value is -0.570. The molecule has 0 heterocycles. The molecule has 0 spiro atoms. The van der Waals surface area contributed by atoms with Crippen LogP contribution in [0.15, 0.2) is 0 Å². The maximum Gasteiger partial charge on any atom is 0.221 e. The fraction of sp³-hybridized carbons (Fsp3) is 0.938. The summed E-state index contributed by atoms with van der Waals surface area (Å²) in [6.07, 6.45) is 8.05. The van der Waals surface area contributed by atoms with Crippen LogP contribution in [-0.2, 0) is 4.79 Å². The van der Waals surface area contributed by atoms with Crippen LogP contribution in [0.1, 0.15) is 72.6 Å². The fourth-order valence-corrected chi connectivity index (χ4v) is 2.70. The minimum atomic E-state index is 0.177. The Bertz CT molecular complexity index is 276. The topological polar surface area (TPSA) is 41.1 Å². The summed E-state index contributed by atoms with van der Waals surface area (Å²) in [5.74, 6) is 0.177. The second kappa shape index (κ2) is 7.88. The van der Waals surface area contributed by atoms with Gasteiger partial charge in [-0.1, -0.05) is 27.2 Å². The minimum absolute atomic E-state index is 0.177. The smallest absolute Gasteiger partial charge is 0.221 e. The molecule has 2 atom stereocenters. The van der Waals surface area contributed by atoms with Crippen LogP contribution >= 0.6 is 0 Å². The van der Waals surface area contributed by atoms with Crippen molar-refractivity contribution >= 4 is 5.91 Å². The van der Waals surface area contributed by atoms with E-state index < -0.39 is 0 Å². The molecule has 19 heavy (non-hydrogen) atoms. The lowest BCUT2D eigenvalue weighted by atomic mass is 9.85. The van der Waals surface area contributed by atoms with Crippen LogP contribution in [0.4, 0.5) is 0 Å². The maximum absolute atomic E-state index is 11.7. The first-order valence-electron chi connectivity index (χ1n) is 7.95. The zero-order chi connectivity index (χ0) is 14.3. The molecule has 2 N–H and O–H groups in total.